The molecule has 3 aliphatic rings. The molecule has 10 heteroatoms. The Bertz CT molecular complexity index is 1360. The van der Waals surface area contributed by atoms with E-state index in [1.165, 1.54) is 5.56 Å². The third-order valence-electron chi connectivity index (χ3n) is 8.36. The van der Waals surface area contributed by atoms with Gasteiger partial charge in [-0.2, -0.15) is 0 Å². The van der Waals surface area contributed by atoms with Crippen LogP contribution < -0.4 is 16.0 Å². The van der Waals surface area contributed by atoms with Crippen molar-refractivity contribution in [2.45, 2.75) is 64.1 Å². The van der Waals surface area contributed by atoms with Crippen LogP contribution in [-0.2, 0) is 32.2 Å². The second-order valence-electron chi connectivity index (χ2n) is 12.1. The summed E-state index contributed by atoms with van der Waals surface area (Å²) in [6, 6.07) is 14.4. The normalized spacial score (nSPS) is 23.7. The summed E-state index contributed by atoms with van der Waals surface area (Å²) >= 11 is 0. The van der Waals surface area contributed by atoms with Crippen molar-refractivity contribution >= 4 is 17.7 Å². The molecule has 234 valence electrons. The first-order chi connectivity index (χ1) is 21.2. The van der Waals surface area contributed by atoms with Gasteiger partial charge in [-0.3, -0.25) is 19.3 Å². The fourth-order valence-corrected chi connectivity index (χ4v) is 5.83. The molecule has 0 saturated carbocycles. The lowest BCUT2D eigenvalue weighted by Crippen LogP contribution is -2.47. The van der Waals surface area contributed by atoms with Gasteiger partial charge in [0.1, 0.15) is 12.2 Å². The van der Waals surface area contributed by atoms with E-state index in [1.807, 2.05) is 36.4 Å². The van der Waals surface area contributed by atoms with E-state index in [1.54, 1.807) is 18.7 Å². The molecule has 3 aliphatic heterocycles. The number of nitrogens with one attached hydrogen (secondary N) is 3. The zero-order valence-corrected chi connectivity index (χ0v) is 25.5. The summed E-state index contributed by atoms with van der Waals surface area (Å²) < 4.78 is 19.0. The standard InChI is InChI=1S/C34H42FN5O4/c1-23(2)34(43)40-22-29(38-32(41)30-17-28(35)20-36-30)18-31(40)33(42)37-19-26-9-5-24(6-10-26)3-4-25-7-11-27(12-8-25)21-39-13-15-44-16-14-39/h5-12,23,28-31,36H,13-22H2,1-2H3,(H,37,42)(H,38,41)/t28-,29-,30+,31-/m1/s1. The lowest BCUT2D eigenvalue weighted by Gasteiger charge is -2.26. The van der Waals surface area contributed by atoms with Crippen LogP contribution in [0, 0.1) is 17.8 Å². The highest BCUT2D eigenvalue weighted by Crippen LogP contribution is 2.22. The number of morpholine rings is 1. The summed E-state index contributed by atoms with van der Waals surface area (Å²) in [5, 5.41) is 8.75. The van der Waals surface area contributed by atoms with Crippen LogP contribution in [0.1, 0.15) is 48.9 Å². The summed E-state index contributed by atoms with van der Waals surface area (Å²) in [5.74, 6) is 5.43. The molecule has 3 N–H and O–H groups in total. The maximum absolute atomic E-state index is 13.5. The molecule has 2 aromatic rings. The first-order valence-corrected chi connectivity index (χ1v) is 15.5. The monoisotopic (exact) mass is 603 g/mol. The fourth-order valence-electron chi connectivity index (χ4n) is 5.83. The molecule has 0 bridgehead atoms. The molecule has 0 aliphatic carbocycles. The lowest BCUT2D eigenvalue weighted by atomic mass is 10.1. The van der Waals surface area contributed by atoms with Gasteiger partial charge >= 0.3 is 0 Å². The molecular weight excluding hydrogens is 561 g/mol. The average molecular weight is 604 g/mol. The molecule has 9 nitrogen and oxygen atoms in total. The van der Waals surface area contributed by atoms with Crippen LogP contribution in [0.5, 0.6) is 0 Å². The highest BCUT2D eigenvalue weighted by Gasteiger charge is 2.41. The van der Waals surface area contributed by atoms with E-state index in [4.69, 9.17) is 4.74 Å². The number of hydrogen-bond donors (Lipinski definition) is 3. The predicted octanol–water partition coefficient (Wildman–Crippen LogP) is 1.98. The van der Waals surface area contributed by atoms with E-state index in [2.05, 4.69) is 44.8 Å². The van der Waals surface area contributed by atoms with E-state index in [9.17, 15) is 18.8 Å². The first-order valence-electron chi connectivity index (χ1n) is 15.5. The second kappa shape index (κ2) is 14.8. The quantitative estimate of drug-likeness (QED) is 0.399. The number of halogens is 1. The lowest BCUT2D eigenvalue weighted by molar-refractivity contribution is -0.140. The van der Waals surface area contributed by atoms with Gasteiger partial charge in [0.05, 0.1) is 19.3 Å². The third-order valence-corrected chi connectivity index (χ3v) is 8.36. The molecule has 5 rings (SSSR count). The highest BCUT2D eigenvalue weighted by molar-refractivity contribution is 5.89. The van der Waals surface area contributed by atoms with Crippen LogP contribution in [-0.4, -0.2) is 91.2 Å². The molecule has 2 aromatic carbocycles. The SMILES string of the molecule is CC(C)C(=O)N1C[C@H](NC(=O)[C@@H]2C[C@@H](F)CN2)C[C@@H]1C(=O)NCc1ccc(C#Cc2ccc(CN3CCOCC3)cc2)cc1. The van der Waals surface area contributed by atoms with Gasteiger partial charge in [-0.05, 0) is 41.8 Å². The van der Waals surface area contributed by atoms with Crippen LogP contribution in [0.15, 0.2) is 48.5 Å². The number of amides is 3. The topological polar surface area (TPSA) is 103 Å². The molecule has 0 unspecified atom stereocenters. The van der Waals surface area contributed by atoms with Gasteiger partial charge in [0.2, 0.25) is 17.7 Å². The Hall–Kier alpha value is -3.78. The number of hydrogen-bond acceptors (Lipinski definition) is 6. The summed E-state index contributed by atoms with van der Waals surface area (Å²) in [6.07, 6.45) is -0.606. The first kappa shape index (κ1) is 31.6. The predicted molar refractivity (Wildman–Crippen MR) is 165 cm³/mol. The minimum absolute atomic E-state index is 0.129. The number of alkyl halides is 1. The molecule has 0 radical (unpaired) electrons. The van der Waals surface area contributed by atoms with Crippen LogP contribution >= 0.6 is 0 Å². The number of carbonyl (C=O) groups excluding carboxylic acids is 3. The van der Waals surface area contributed by atoms with Crippen LogP contribution in [0.2, 0.25) is 0 Å². The van der Waals surface area contributed by atoms with Gasteiger partial charge in [0.25, 0.3) is 0 Å². The fraction of sp³-hybridized carbons (Fsp3) is 0.500. The molecule has 3 fully saturated rings. The Morgan fingerprint density at radius 2 is 1.59 bits per heavy atom. The van der Waals surface area contributed by atoms with Gasteiger partial charge in [-0.25, -0.2) is 4.39 Å². The summed E-state index contributed by atoms with van der Waals surface area (Å²) in [5.41, 5.74) is 3.99. The molecule has 0 spiro atoms. The van der Waals surface area contributed by atoms with Crippen molar-refractivity contribution in [2.75, 3.05) is 39.4 Å². The minimum Gasteiger partial charge on any atom is -0.379 e. The summed E-state index contributed by atoms with van der Waals surface area (Å²) in [7, 11) is 0. The Morgan fingerprint density at radius 3 is 2.18 bits per heavy atom. The van der Waals surface area contributed by atoms with Crippen molar-refractivity contribution in [1.29, 1.82) is 0 Å². The van der Waals surface area contributed by atoms with Crippen molar-refractivity contribution in [2.24, 2.45) is 5.92 Å². The number of carbonyl (C=O) groups is 3. The van der Waals surface area contributed by atoms with E-state index in [0.717, 1.165) is 49.5 Å². The number of rotatable bonds is 8. The van der Waals surface area contributed by atoms with Crippen molar-refractivity contribution < 1.29 is 23.5 Å². The van der Waals surface area contributed by atoms with Gasteiger partial charge in [-0.15, -0.1) is 0 Å². The molecule has 3 heterocycles. The highest BCUT2D eigenvalue weighted by atomic mass is 19.1. The maximum atomic E-state index is 13.5. The zero-order valence-electron chi connectivity index (χ0n) is 25.5. The Morgan fingerprint density at radius 1 is 0.955 bits per heavy atom. The van der Waals surface area contributed by atoms with Crippen molar-refractivity contribution in [1.82, 2.24) is 25.8 Å². The molecule has 4 atom stereocenters. The zero-order chi connectivity index (χ0) is 31.1. The largest absolute Gasteiger partial charge is 0.379 e. The Balaban J connectivity index is 1.12. The third kappa shape index (κ3) is 8.44. The smallest absolute Gasteiger partial charge is 0.243 e. The van der Waals surface area contributed by atoms with E-state index in [-0.39, 0.29) is 49.2 Å². The Kier molecular flexibility index (Phi) is 10.6. The minimum atomic E-state index is -1.05. The Labute approximate surface area is 258 Å². The van der Waals surface area contributed by atoms with Gasteiger partial charge in [0.15, 0.2) is 0 Å². The van der Waals surface area contributed by atoms with E-state index in [0.29, 0.717) is 13.0 Å². The summed E-state index contributed by atoms with van der Waals surface area (Å²) in [6.45, 7) is 8.70. The molecule has 0 aromatic heterocycles. The number of benzene rings is 2. The molecule has 3 saturated heterocycles. The average Bonchev–Trinajstić information content (AvgIpc) is 3.66. The van der Waals surface area contributed by atoms with E-state index < -0.39 is 18.3 Å². The van der Waals surface area contributed by atoms with Crippen LogP contribution in [0.3, 0.4) is 0 Å². The number of likely N-dealkylation sites (tertiary alicyclic amines) is 1. The van der Waals surface area contributed by atoms with Gasteiger partial charge in [-0.1, -0.05) is 50.0 Å². The van der Waals surface area contributed by atoms with Crippen LogP contribution in [0.25, 0.3) is 0 Å². The van der Waals surface area contributed by atoms with Crippen molar-refractivity contribution in [3.8, 4) is 11.8 Å². The van der Waals surface area contributed by atoms with Crippen molar-refractivity contribution in [3.05, 3.63) is 70.8 Å². The van der Waals surface area contributed by atoms with E-state index >= 15 is 0 Å². The van der Waals surface area contributed by atoms with Crippen molar-refractivity contribution in [3.63, 3.8) is 0 Å². The number of nitrogens with zero attached hydrogens (tertiary/aromatic N) is 2. The van der Waals surface area contributed by atoms with Crippen LogP contribution in [0.4, 0.5) is 4.39 Å². The van der Waals surface area contributed by atoms with Gasteiger partial charge in [0, 0.05) is 68.8 Å². The molecule has 44 heavy (non-hydrogen) atoms. The second-order valence-corrected chi connectivity index (χ2v) is 12.1. The summed E-state index contributed by atoms with van der Waals surface area (Å²) in [4.78, 5) is 42.7. The molecular formula is C34H42FN5O4. The molecule has 3 amide bonds. The van der Waals surface area contributed by atoms with Gasteiger partial charge < -0.3 is 25.6 Å². The number of ether oxygens (including phenoxy) is 1. The maximum Gasteiger partial charge on any atom is 0.243 e.